The van der Waals surface area contributed by atoms with Gasteiger partial charge in [-0.25, -0.2) is 10.8 Å². The minimum Gasteiger partial charge on any atom is -0.339 e. The normalized spacial score (nSPS) is 22.0. The van der Waals surface area contributed by atoms with Crippen LogP contribution >= 0.6 is 0 Å². The summed E-state index contributed by atoms with van der Waals surface area (Å²) in [5.41, 5.74) is 2.76. The van der Waals surface area contributed by atoms with Crippen LogP contribution in [0.3, 0.4) is 0 Å². The molecule has 0 saturated heterocycles. The van der Waals surface area contributed by atoms with Gasteiger partial charge in [-0.05, 0) is 45.4 Å². The number of nitrogens with two attached hydrogens (primary N) is 1. The van der Waals surface area contributed by atoms with Crippen LogP contribution in [0.15, 0.2) is 4.99 Å². The Morgan fingerprint density at radius 3 is 2.47 bits per heavy atom. The number of aliphatic imine (C=N–C) groups is 1. The van der Waals surface area contributed by atoms with Gasteiger partial charge in [-0.2, -0.15) is 0 Å². The van der Waals surface area contributed by atoms with Crippen LogP contribution in [-0.2, 0) is 0 Å². The van der Waals surface area contributed by atoms with Gasteiger partial charge in [0.25, 0.3) is 0 Å². The Kier molecular flexibility index (Phi) is 3.14. The van der Waals surface area contributed by atoms with E-state index < -0.39 is 0 Å². The molecule has 2 aliphatic rings. The molecule has 0 aliphatic heterocycles. The smallest absolute Gasteiger partial charge is 0.208 e. The van der Waals surface area contributed by atoms with Gasteiger partial charge >= 0.3 is 0 Å². The molecule has 86 valence electrons. The van der Waals surface area contributed by atoms with Crippen molar-refractivity contribution in [1.82, 2.24) is 10.3 Å². The number of guanidine groups is 1. The minimum absolute atomic E-state index is 0.302. The molecule has 0 atom stereocenters. The van der Waals surface area contributed by atoms with E-state index in [2.05, 4.69) is 29.2 Å². The standard InChI is InChI=1S/C11H22N4/c1-8(2)13-11(14-12)15(10-5-6-10)7-9-3-4-9/h8-10H,3-7,12H2,1-2H3,(H,13,14). The van der Waals surface area contributed by atoms with Crippen molar-refractivity contribution >= 4 is 5.96 Å². The molecule has 0 spiro atoms. The van der Waals surface area contributed by atoms with Gasteiger partial charge in [-0.15, -0.1) is 0 Å². The second-order valence-corrected chi connectivity index (χ2v) is 5.02. The van der Waals surface area contributed by atoms with Crippen molar-refractivity contribution in [3.05, 3.63) is 0 Å². The minimum atomic E-state index is 0.302. The molecule has 0 unspecified atom stereocenters. The Hall–Kier alpha value is -0.770. The third kappa shape index (κ3) is 3.09. The molecular weight excluding hydrogens is 188 g/mol. The Bertz CT molecular complexity index is 241. The predicted molar refractivity (Wildman–Crippen MR) is 62.3 cm³/mol. The monoisotopic (exact) mass is 210 g/mol. The molecule has 0 heterocycles. The SMILES string of the molecule is CC(C)N=C(NN)N(CC1CC1)C1CC1. The topological polar surface area (TPSA) is 53.6 Å². The van der Waals surface area contributed by atoms with E-state index in [9.17, 15) is 0 Å². The fraction of sp³-hybridized carbons (Fsp3) is 0.909. The summed E-state index contributed by atoms with van der Waals surface area (Å²) < 4.78 is 0. The third-order valence-electron chi connectivity index (χ3n) is 2.92. The lowest BCUT2D eigenvalue weighted by Gasteiger charge is -2.26. The van der Waals surface area contributed by atoms with Crippen LogP contribution in [-0.4, -0.2) is 29.5 Å². The van der Waals surface area contributed by atoms with E-state index in [1.165, 1.54) is 25.7 Å². The summed E-state index contributed by atoms with van der Waals surface area (Å²) in [4.78, 5) is 6.92. The second kappa shape index (κ2) is 4.39. The first-order valence-electron chi connectivity index (χ1n) is 6.01. The van der Waals surface area contributed by atoms with E-state index in [-0.39, 0.29) is 0 Å². The number of hydrogen-bond donors (Lipinski definition) is 2. The van der Waals surface area contributed by atoms with E-state index >= 15 is 0 Å². The number of hydrogen-bond acceptors (Lipinski definition) is 2. The Morgan fingerprint density at radius 2 is 2.07 bits per heavy atom. The van der Waals surface area contributed by atoms with Crippen LogP contribution in [0, 0.1) is 5.92 Å². The maximum atomic E-state index is 5.56. The highest BCUT2D eigenvalue weighted by atomic mass is 15.4. The van der Waals surface area contributed by atoms with Crippen molar-refractivity contribution in [1.29, 1.82) is 0 Å². The molecule has 0 radical (unpaired) electrons. The average molecular weight is 210 g/mol. The van der Waals surface area contributed by atoms with E-state index in [4.69, 9.17) is 5.84 Å². The number of hydrazine groups is 1. The fourth-order valence-corrected chi connectivity index (χ4v) is 1.81. The van der Waals surface area contributed by atoms with Crippen LogP contribution in [0.5, 0.6) is 0 Å². The van der Waals surface area contributed by atoms with Crippen LogP contribution in [0.25, 0.3) is 0 Å². The molecule has 15 heavy (non-hydrogen) atoms. The highest BCUT2D eigenvalue weighted by molar-refractivity contribution is 5.80. The Morgan fingerprint density at radius 1 is 1.40 bits per heavy atom. The van der Waals surface area contributed by atoms with Crippen LogP contribution in [0.1, 0.15) is 39.5 Å². The van der Waals surface area contributed by atoms with Gasteiger partial charge in [0.15, 0.2) is 0 Å². The largest absolute Gasteiger partial charge is 0.339 e. The molecule has 2 rings (SSSR count). The molecule has 0 amide bonds. The lowest BCUT2D eigenvalue weighted by atomic mass is 10.3. The first kappa shape index (κ1) is 10.7. The second-order valence-electron chi connectivity index (χ2n) is 5.02. The van der Waals surface area contributed by atoms with Crippen molar-refractivity contribution in [2.45, 2.75) is 51.6 Å². The Labute approximate surface area is 91.9 Å². The first-order valence-corrected chi connectivity index (χ1v) is 6.01. The number of nitrogens with one attached hydrogen (secondary N) is 1. The summed E-state index contributed by atoms with van der Waals surface area (Å²) in [6, 6.07) is 0.996. The van der Waals surface area contributed by atoms with Crippen LogP contribution in [0.2, 0.25) is 0 Å². The first-order chi connectivity index (χ1) is 7.20. The lowest BCUT2D eigenvalue weighted by Crippen LogP contribution is -2.47. The summed E-state index contributed by atoms with van der Waals surface area (Å²) in [6.07, 6.45) is 5.35. The molecular formula is C11H22N4. The summed E-state index contributed by atoms with van der Waals surface area (Å²) >= 11 is 0. The summed E-state index contributed by atoms with van der Waals surface area (Å²) in [6.45, 7) is 5.31. The van der Waals surface area contributed by atoms with E-state index in [0.717, 1.165) is 18.4 Å². The molecule has 4 heteroatoms. The van der Waals surface area contributed by atoms with Crippen molar-refractivity contribution in [3.63, 3.8) is 0 Å². The zero-order chi connectivity index (χ0) is 10.8. The van der Waals surface area contributed by atoms with E-state index in [1.807, 2.05) is 0 Å². The van der Waals surface area contributed by atoms with Gasteiger partial charge in [-0.3, -0.25) is 5.43 Å². The quantitative estimate of drug-likeness (QED) is 0.316. The van der Waals surface area contributed by atoms with Gasteiger partial charge in [0.05, 0.1) is 0 Å². The number of rotatable bonds is 4. The van der Waals surface area contributed by atoms with E-state index in [0.29, 0.717) is 12.1 Å². The molecule has 4 nitrogen and oxygen atoms in total. The molecule has 0 aromatic heterocycles. The lowest BCUT2D eigenvalue weighted by molar-refractivity contribution is 0.374. The van der Waals surface area contributed by atoms with Crippen molar-refractivity contribution in [3.8, 4) is 0 Å². The van der Waals surface area contributed by atoms with Crippen molar-refractivity contribution in [2.75, 3.05) is 6.54 Å². The molecule has 2 aliphatic carbocycles. The Balaban J connectivity index is 1.99. The van der Waals surface area contributed by atoms with Gasteiger partial charge in [0, 0.05) is 18.6 Å². The molecule has 2 fully saturated rings. The van der Waals surface area contributed by atoms with Crippen LogP contribution in [0.4, 0.5) is 0 Å². The summed E-state index contributed by atoms with van der Waals surface area (Å²) in [5, 5.41) is 0. The third-order valence-corrected chi connectivity index (χ3v) is 2.92. The number of nitrogens with zero attached hydrogens (tertiary/aromatic N) is 2. The zero-order valence-electron chi connectivity index (χ0n) is 9.74. The van der Waals surface area contributed by atoms with E-state index in [1.54, 1.807) is 0 Å². The zero-order valence-corrected chi connectivity index (χ0v) is 9.74. The van der Waals surface area contributed by atoms with Gasteiger partial charge in [-0.1, -0.05) is 0 Å². The molecule has 0 aromatic rings. The summed E-state index contributed by atoms with van der Waals surface area (Å²) in [5.74, 6) is 7.34. The highest BCUT2D eigenvalue weighted by Crippen LogP contribution is 2.34. The van der Waals surface area contributed by atoms with Gasteiger partial charge in [0.1, 0.15) is 0 Å². The van der Waals surface area contributed by atoms with Gasteiger partial charge in [0.2, 0.25) is 5.96 Å². The fourth-order valence-electron chi connectivity index (χ4n) is 1.81. The predicted octanol–water partition coefficient (Wildman–Crippen LogP) is 1.09. The molecule has 0 aromatic carbocycles. The maximum Gasteiger partial charge on any atom is 0.208 e. The average Bonchev–Trinajstić information content (AvgIpc) is 3.00. The molecule has 3 N–H and O–H groups in total. The molecule has 2 saturated carbocycles. The van der Waals surface area contributed by atoms with Gasteiger partial charge < -0.3 is 4.90 Å². The van der Waals surface area contributed by atoms with Crippen molar-refractivity contribution < 1.29 is 0 Å². The maximum absolute atomic E-state index is 5.56. The van der Waals surface area contributed by atoms with Crippen molar-refractivity contribution in [2.24, 2.45) is 16.8 Å². The highest BCUT2D eigenvalue weighted by Gasteiger charge is 2.35. The summed E-state index contributed by atoms with van der Waals surface area (Å²) in [7, 11) is 0. The van der Waals surface area contributed by atoms with Crippen LogP contribution < -0.4 is 11.3 Å². The molecule has 0 bridgehead atoms.